The van der Waals surface area contributed by atoms with E-state index in [1.807, 2.05) is 24.8 Å². The first-order valence-electron chi connectivity index (χ1n) is 9.12. The largest absolute Gasteiger partial charge is 0.373 e. The smallest absolute Gasteiger partial charge is 0.193 e. The molecule has 27 heavy (non-hydrogen) atoms. The highest BCUT2D eigenvalue weighted by atomic mass is 127. The highest BCUT2D eigenvalue weighted by Crippen LogP contribution is 2.18. The topological polar surface area (TPSA) is 48.7 Å². The zero-order chi connectivity index (χ0) is 19.1. The SMILES string of the molecule is CN=C(NCCN(C)c1ccccc1)N(C)Cc1cn(C)nc1C(C)C.I. The van der Waals surface area contributed by atoms with Crippen molar-refractivity contribution in [2.75, 3.05) is 39.1 Å². The molecule has 0 unspecified atom stereocenters. The second-order valence-electron chi connectivity index (χ2n) is 6.96. The molecule has 150 valence electrons. The summed E-state index contributed by atoms with van der Waals surface area (Å²) in [6.45, 7) is 6.87. The van der Waals surface area contributed by atoms with Crippen molar-refractivity contribution in [1.29, 1.82) is 0 Å². The Hall–Kier alpha value is -1.77. The summed E-state index contributed by atoms with van der Waals surface area (Å²) >= 11 is 0. The molecule has 0 saturated heterocycles. The molecule has 1 heterocycles. The van der Waals surface area contributed by atoms with Crippen LogP contribution in [0.25, 0.3) is 0 Å². The maximum absolute atomic E-state index is 4.59. The first-order valence-corrected chi connectivity index (χ1v) is 9.12. The Morgan fingerprint density at radius 2 is 1.89 bits per heavy atom. The van der Waals surface area contributed by atoms with E-state index in [9.17, 15) is 0 Å². The number of likely N-dealkylation sites (N-methyl/N-ethyl adjacent to an activating group) is 1. The number of nitrogens with zero attached hydrogens (tertiary/aromatic N) is 5. The van der Waals surface area contributed by atoms with Crippen LogP contribution < -0.4 is 10.2 Å². The van der Waals surface area contributed by atoms with Gasteiger partial charge in [0.05, 0.1) is 5.69 Å². The van der Waals surface area contributed by atoms with Gasteiger partial charge in [0.25, 0.3) is 0 Å². The van der Waals surface area contributed by atoms with Crippen LogP contribution in [0.1, 0.15) is 31.0 Å². The van der Waals surface area contributed by atoms with Gasteiger partial charge in [0.2, 0.25) is 0 Å². The van der Waals surface area contributed by atoms with E-state index in [1.165, 1.54) is 11.3 Å². The molecule has 1 N–H and O–H groups in total. The lowest BCUT2D eigenvalue weighted by molar-refractivity contribution is 0.474. The highest BCUT2D eigenvalue weighted by Gasteiger charge is 2.15. The minimum absolute atomic E-state index is 0. The van der Waals surface area contributed by atoms with Crippen molar-refractivity contribution >= 4 is 35.6 Å². The third-order valence-corrected chi connectivity index (χ3v) is 4.39. The van der Waals surface area contributed by atoms with Crippen molar-refractivity contribution in [3.8, 4) is 0 Å². The molecule has 0 saturated carbocycles. The number of para-hydroxylation sites is 1. The van der Waals surface area contributed by atoms with Gasteiger partial charge in [-0.3, -0.25) is 9.67 Å². The average molecular weight is 484 g/mol. The second-order valence-corrected chi connectivity index (χ2v) is 6.96. The molecular formula is C20H33IN6. The molecule has 0 bridgehead atoms. The lowest BCUT2D eigenvalue weighted by atomic mass is 10.1. The van der Waals surface area contributed by atoms with Crippen LogP contribution in [0.15, 0.2) is 41.5 Å². The molecule has 2 rings (SSSR count). The molecule has 0 aliphatic carbocycles. The van der Waals surface area contributed by atoms with Gasteiger partial charge in [-0.2, -0.15) is 5.10 Å². The number of hydrogen-bond donors (Lipinski definition) is 1. The first kappa shape index (κ1) is 23.3. The number of nitrogens with one attached hydrogen (secondary N) is 1. The summed E-state index contributed by atoms with van der Waals surface area (Å²) in [5.41, 5.74) is 3.61. The lowest BCUT2D eigenvalue weighted by Gasteiger charge is -2.24. The maximum atomic E-state index is 4.59. The number of rotatable bonds is 7. The van der Waals surface area contributed by atoms with Crippen LogP contribution >= 0.6 is 24.0 Å². The average Bonchev–Trinajstić information content (AvgIpc) is 2.99. The minimum Gasteiger partial charge on any atom is -0.373 e. The number of benzene rings is 1. The van der Waals surface area contributed by atoms with Crippen molar-refractivity contribution < 1.29 is 0 Å². The molecule has 6 nitrogen and oxygen atoms in total. The lowest BCUT2D eigenvalue weighted by Crippen LogP contribution is -2.41. The van der Waals surface area contributed by atoms with Crippen LogP contribution in [0.2, 0.25) is 0 Å². The molecule has 0 amide bonds. The Balaban J connectivity index is 0.00000364. The summed E-state index contributed by atoms with van der Waals surface area (Å²) < 4.78 is 1.89. The summed E-state index contributed by atoms with van der Waals surface area (Å²) in [7, 11) is 7.97. The van der Waals surface area contributed by atoms with Crippen LogP contribution in [0.3, 0.4) is 0 Å². The standard InChI is InChI=1S/C20H32N6.HI/c1-16(2)19-17(15-26(6)23-19)14-25(5)20(21-3)22-12-13-24(4)18-10-8-7-9-11-18;/h7-11,15-16H,12-14H2,1-6H3,(H,21,22);1H. The van der Waals surface area contributed by atoms with E-state index in [1.54, 1.807) is 0 Å². The van der Waals surface area contributed by atoms with Crippen LogP contribution in [-0.4, -0.2) is 54.9 Å². The van der Waals surface area contributed by atoms with E-state index in [4.69, 9.17) is 0 Å². The third-order valence-electron chi connectivity index (χ3n) is 4.39. The molecule has 0 fully saturated rings. The minimum atomic E-state index is 0. The predicted octanol–water partition coefficient (Wildman–Crippen LogP) is 3.31. The Labute approximate surface area is 180 Å². The fourth-order valence-corrected chi connectivity index (χ4v) is 3.02. The normalized spacial score (nSPS) is 11.3. The quantitative estimate of drug-likeness (QED) is 0.372. The van der Waals surface area contributed by atoms with Gasteiger partial charge in [0.15, 0.2) is 5.96 Å². The number of guanidine groups is 1. The van der Waals surface area contributed by atoms with Gasteiger partial charge in [0.1, 0.15) is 0 Å². The number of aryl methyl sites for hydroxylation is 1. The Bertz CT molecular complexity index is 711. The zero-order valence-electron chi connectivity index (χ0n) is 17.3. The number of anilines is 1. The van der Waals surface area contributed by atoms with Gasteiger partial charge >= 0.3 is 0 Å². The molecule has 1 aromatic carbocycles. The summed E-state index contributed by atoms with van der Waals surface area (Å²) in [4.78, 5) is 8.80. The van der Waals surface area contributed by atoms with Gasteiger partial charge in [0, 0.05) is 65.3 Å². The second kappa shape index (κ2) is 11.2. The van der Waals surface area contributed by atoms with E-state index >= 15 is 0 Å². The Kier molecular flexibility index (Phi) is 9.62. The molecule has 7 heteroatoms. The van der Waals surface area contributed by atoms with Crippen molar-refractivity contribution in [2.45, 2.75) is 26.3 Å². The molecular weight excluding hydrogens is 451 g/mol. The summed E-state index contributed by atoms with van der Waals surface area (Å²) in [6, 6.07) is 10.4. The van der Waals surface area contributed by atoms with E-state index in [2.05, 4.69) is 83.6 Å². The summed E-state index contributed by atoms with van der Waals surface area (Å²) in [6.07, 6.45) is 2.10. The van der Waals surface area contributed by atoms with Crippen molar-refractivity contribution in [2.24, 2.45) is 12.0 Å². The van der Waals surface area contributed by atoms with Crippen molar-refractivity contribution in [3.63, 3.8) is 0 Å². The van der Waals surface area contributed by atoms with Crippen molar-refractivity contribution in [1.82, 2.24) is 20.0 Å². The molecule has 2 aromatic rings. The van der Waals surface area contributed by atoms with Crippen LogP contribution in [0, 0.1) is 0 Å². The number of hydrogen-bond acceptors (Lipinski definition) is 3. The Morgan fingerprint density at radius 3 is 2.48 bits per heavy atom. The fraction of sp³-hybridized carbons (Fsp3) is 0.500. The van der Waals surface area contributed by atoms with Crippen LogP contribution in [0.4, 0.5) is 5.69 Å². The predicted molar refractivity (Wildman–Crippen MR) is 125 cm³/mol. The summed E-state index contributed by atoms with van der Waals surface area (Å²) in [5.74, 6) is 1.30. The van der Waals surface area contributed by atoms with Gasteiger partial charge in [-0.05, 0) is 18.1 Å². The van der Waals surface area contributed by atoms with Crippen LogP contribution in [0.5, 0.6) is 0 Å². The number of halogens is 1. The van der Waals surface area contributed by atoms with E-state index in [0.29, 0.717) is 5.92 Å². The monoisotopic (exact) mass is 484 g/mol. The molecule has 0 aliphatic rings. The fourth-order valence-electron chi connectivity index (χ4n) is 3.02. The number of aliphatic imine (C=N–C) groups is 1. The number of aromatic nitrogens is 2. The third kappa shape index (κ3) is 6.71. The van der Waals surface area contributed by atoms with Gasteiger partial charge in [-0.15, -0.1) is 24.0 Å². The molecule has 0 radical (unpaired) electrons. The van der Waals surface area contributed by atoms with E-state index < -0.39 is 0 Å². The zero-order valence-corrected chi connectivity index (χ0v) is 19.6. The highest BCUT2D eigenvalue weighted by molar-refractivity contribution is 14.0. The first-order chi connectivity index (χ1) is 12.4. The molecule has 0 spiro atoms. The molecule has 0 aliphatic heterocycles. The van der Waals surface area contributed by atoms with Gasteiger partial charge < -0.3 is 15.1 Å². The van der Waals surface area contributed by atoms with Crippen molar-refractivity contribution in [3.05, 3.63) is 47.8 Å². The van der Waals surface area contributed by atoms with Gasteiger partial charge in [-0.25, -0.2) is 0 Å². The van der Waals surface area contributed by atoms with Gasteiger partial charge in [-0.1, -0.05) is 32.0 Å². The van der Waals surface area contributed by atoms with Crippen LogP contribution in [-0.2, 0) is 13.6 Å². The Morgan fingerprint density at radius 1 is 1.22 bits per heavy atom. The van der Waals surface area contributed by atoms with E-state index in [0.717, 1.165) is 31.3 Å². The molecule has 0 atom stereocenters. The van der Waals surface area contributed by atoms with E-state index in [-0.39, 0.29) is 24.0 Å². The summed E-state index contributed by atoms with van der Waals surface area (Å²) in [5, 5.41) is 8.04. The molecule has 1 aromatic heterocycles. The maximum Gasteiger partial charge on any atom is 0.193 e.